The van der Waals surface area contributed by atoms with E-state index in [0.717, 1.165) is 22.9 Å². The smallest absolute Gasteiger partial charge is 0.135 e. The number of anilines is 1. The lowest BCUT2D eigenvalue weighted by Crippen LogP contribution is -2.15. The summed E-state index contributed by atoms with van der Waals surface area (Å²) in [4.78, 5) is 10.7. The maximum atomic E-state index is 5.09. The number of nitrogens with zero attached hydrogens (tertiary/aromatic N) is 3. The average molecular weight is 195 g/mol. The quantitative estimate of drug-likeness (QED) is 0.728. The van der Waals surface area contributed by atoms with Gasteiger partial charge in [0.1, 0.15) is 11.6 Å². The Bertz CT molecular complexity index is 323. The molecular weight excluding hydrogens is 178 g/mol. The van der Waals surface area contributed by atoms with E-state index < -0.39 is 0 Å². The highest BCUT2D eigenvalue weighted by molar-refractivity contribution is 5.46. The van der Waals surface area contributed by atoms with Crippen molar-refractivity contribution in [3.8, 4) is 0 Å². The molecule has 0 saturated carbocycles. The molecule has 0 radical (unpaired) electrons. The van der Waals surface area contributed by atoms with Gasteiger partial charge >= 0.3 is 0 Å². The summed E-state index contributed by atoms with van der Waals surface area (Å²) in [7, 11) is 5.63. The summed E-state index contributed by atoms with van der Waals surface area (Å²) in [6, 6.07) is 0. The van der Waals surface area contributed by atoms with Gasteiger partial charge in [-0.15, -0.1) is 0 Å². The molecule has 0 unspecified atom stereocenters. The standard InChI is InChI=1S/C10H17N3O/c1-7-9(6-14-5)11-8(2)12-10(7)13(3)4/h6H2,1-5H3. The van der Waals surface area contributed by atoms with Gasteiger partial charge in [0.05, 0.1) is 12.3 Å². The van der Waals surface area contributed by atoms with E-state index in [1.807, 2.05) is 32.8 Å². The Morgan fingerprint density at radius 3 is 2.36 bits per heavy atom. The van der Waals surface area contributed by atoms with Gasteiger partial charge in [-0.1, -0.05) is 0 Å². The van der Waals surface area contributed by atoms with Crippen LogP contribution in [0.4, 0.5) is 5.82 Å². The molecule has 78 valence electrons. The van der Waals surface area contributed by atoms with Gasteiger partial charge in [0.2, 0.25) is 0 Å². The predicted molar refractivity (Wildman–Crippen MR) is 56.5 cm³/mol. The molecule has 0 N–H and O–H groups in total. The summed E-state index contributed by atoms with van der Waals surface area (Å²) >= 11 is 0. The van der Waals surface area contributed by atoms with Crippen LogP contribution in [0.2, 0.25) is 0 Å². The van der Waals surface area contributed by atoms with Crippen molar-refractivity contribution >= 4 is 5.82 Å². The number of hydrogen-bond acceptors (Lipinski definition) is 4. The molecule has 0 aliphatic carbocycles. The van der Waals surface area contributed by atoms with Crippen LogP contribution in [-0.4, -0.2) is 31.2 Å². The second-order valence-electron chi connectivity index (χ2n) is 3.49. The van der Waals surface area contributed by atoms with Crippen molar-refractivity contribution in [3.63, 3.8) is 0 Å². The molecule has 0 aromatic carbocycles. The van der Waals surface area contributed by atoms with Crippen molar-refractivity contribution in [2.75, 3.05) is 26.1 Å². The van der Waals surface area contributed by atoms with Crippen molar-refractivity contribution in [1.29, 1.82) is 0 Å². The minimum atomic E-state index is 0.538. The third-order valence-electron chi connectivity index (χ3n) is 2.04. The Kier molecular flexibility index (Phi) is 3.41. The lowest BCUT2D eigenvalue weighted by atomic mass is 10.2. The highest BCUT2D eigenvalue weighted by Gasteiger charge is 2.09. The minimum Gasteiger partial charge on any atom is -0.378 e. The van der Waals surface area contributed by atoms with E-state index >= 15 is 0 Å². The zero-order valence-corrected chi connectivity index (χ0v) is 9.46. The predicted octanol–water partition coefficient (Wildman–Crippen LogP) is 1.31. The summed E-state index contributed by atoms with van der Waals surface area (Å²) in [5.41, 5.74) is 2.05. The van der Waals surface area contributed by atoms with E-state index in [9.17, 15) is 0 Å². The van der Waals surface area contributed by atoms with Gasteiger partial charge in [-0.05, 0) is 13.8 Å². The fourth-order valence-corrected chi connectivity index (χ4v) is 1.38. The molecule has 0 atom stereocenters. The van der Waals surface area contributed by atoms with Crippen molar-refractivity contribution in [2.45, 2.75) is 20.5 Å². The summed E-state index contributed by atoms with van der Waals surface area (Å²) in [6.07, 6.45) is 0. The molecule has 4 nitrogen and oxygen atoms in total. The van der Waals surface area contributed by atoms with Crippen LogP contribution in [-0.2, 0) is 11.3 Å². The molecule has 1 aromatic rings. The molecule has 0 aliphatic heterocycles. The van der Waals surface area contributed by atoms with Crippen LogP contribution in [0.1, 0.15) is 17.1 Å². The second kappa shape index (κ2) is 4.37. The van der Waals surface area contributed by atoms with Crippen molar-refractivity contribution < 1.29 is 4.74 Å². The zero-order chi connectivity index (χ0) is 10.7. The maximum absolute atomic E-state index is 5.09. The summed E-state index contributed by atoms with van der Waals surface area (Å²) in [5.74, 6) is 1.75. The van der Waals surface area contributed by atoms with E-state index in [0.29, 0.717) is 6.61 Å². The largest absolute Gasteiger partial charge is 0.378 e. The molecular formula is C10H17N3O. The van der Waals surface area contributed by atoms with Gasteiger partial charge in [-0.25, -0.2) is 9.97 Å². The lowest BCUT2D eigenvalue weighted by Gasteiger charge is -2.16. The van der Waals surface area contributed by atoms with Crippen LogP contribution >= 0.6 is 0 Å². The van der Waals surface area contributed by atoms with Gasteiger partial charge in [0, 0.05) is 26.8 Å². The number of aryl methyl sites for hydroxylation is 1. The first-order chi connectivity index (χ1) is 6.56. The maximum Gasteiger partial charge on any atom is 0.135 e. The number of ether oxygens (including phenoxy) is 1. The monoisotopic (exact) mass is 195 g/mol. The Morgan fingerprint density at radius 2 is 1.86 bits per heavy atom. The number of aromatic nitrogens is 2. The normalized spacial score (nSPS) is 10.4. The molecule has 0 saturated heterocycles. The Balaban J connectivity index is 3.18. The van der Waals surface area contributed by atoms with Crippen LogP contribution in [0, 0.1) is 13.8 Å². The Labute approximate surface area is 84.9 Å². The first-order valence-electron chi connectivity index (χ1n) is 4.56. The molecule has 0 bridgehead atoms. The summed E-state index contributed by atoms with van der Waals surface area (Å²) < 4.78 is 5.09. The van der Waals surface area contributed by atoms with Gasteiger partial charge in [0.25, 0.3) is 0 Å². The highest BCUT2D eigenvalue weighted by Crippen LogP contribution is 2.18. The molecule has 1 aromatic heterocycles. The zero-order valence-electron chi connectivity index (χ0n) is 9.46. The Morgan fingerprint density at radius 1 is 1.21 bits per heavy atom. The number of methoxy groups -OCH3 is 1. The highest BCUT2D eigenvalue weighted by atomic mass is 16.5. The second-order valence-corrected chi connectivity index (χ2v) is 3.49. The van der Waals surface area contributed by atoms with Crippen molar-refractivity contribution in [2.24, 2.45) is 0 Å². The van der Waals surface area contributed by atoms with E-state index in [1.54, 1.807) is 7.11 Å². The molecule has 4 heteroatoms. The number of hydrogen-bond donors (Lipinski definition) is 0. The lowest BCUT2D eigenvalue weighted by molar-refractivity contribution is 0.180. The average Bonchev–Trinajstić information content (AvgIpc) is 2.10. The van der Waals surface area contributed by atoms with E-state index in [4.69, 9.17) is 4.74 Å². The fraction of sp³-hybridized carbons (Fsp3) is 0.600. The SMILES string of the molecule is COCc1nc(C)nc(N(C)C)c1C. The van der Waals surface area contributed by atoms with Gasteiger partial charge in [0.15, 0.2) is 0 Å². The molecule has 0 amide bonds. The molecule has 14 heavy (non-hydrogen) atoms. The van der Waals surface area contributed by atoms with E-state index in [-0.39, 0.29) is 0 Å². The molecule has 0 aliphatic rings. The molecule has 0 spiro atoms. The van der Waals surface area contributed by atoms with Crippen LogP contribution in [0.25, 0.3) is 0 Å². The molecule has 0 fully saturated rings. The minimum absolute atomic E-state index is 0.538. The topological polar surface area (TPSA) is 38.3 Å². The van der Waals surface area contributed by atoms with Crippen LogP contribution < -0.4 is 4.90 Å². The summed E-state index contributed by atoms with van der Waals surface area (Å²) in [5, 5.41) is 0. The van der Waals surface area contributed by atoms with Crippen molar-refractivity contribution in [1.82, 2.24) is 9.97 Å². The number of rotatable bonds is 3. The first-order valence-corrected chi connectivity index (χ1v) is 4.56. The van der Waals surface area contributed by atoms with Crippen LogP contribution in [0.5, 0.6) is 0 Å². The fourth-order valence-electron chi connectivity index (χ4n) is 1.38. The van der Waals surface area contributed by atoms with Gasteiger partial charge in [-0.2, -0.15) is 0 Å². The van der Waals surface area contributed by atoms with Crippen LogP contribution in [0.15, 0.2) is 0 Å². The van der Waals surface area contributed by atoms with Gasteiger partial charge < -0.3 is 9.64 Å². The third-order valence-corrected chi connectivity index (χ3v) is 2.04. The van der Waals surface area contributed by atoms with Crippen LogP contribution in [0.3, 0.4) is 0 Å². The van der Waals surface area contributed by atoms with E-state index in [2.05, 4.69) is 9.97 Å². The molecule has 1 rings (SSSR count). The van der Waals surface area contributed by atoms with E-state index in [1.165, 1.54) is 0 Å². The van der Waals surface area contributed by atoms with Gasteiger partial charge in [-0.3, -0.25) is 0 Å². The first kappa shape index (κ1) is 10.9. The summed E-state index contributed by atoms with van der Waals surface area (Å²) in [6.45, 7) is 4.45. The molecule has 1 heterocycles. The third kappa shape index (κ3) is 2.20. The van der Waals surface area contributed by atoms with Crippen molar-refractivity contribution in [3.05, 3.63) is 17.1 Å². The Hall–Kier alpha value is -1.16.